The lowest BCUT2D eigenvalue weighted by Gasteiger charge is -2.37. The van der Waals surface area contributed by atoms with E-state index in [4.69, 9.17) is 18.9 Å². The van der Waals surface area contributed by atoms with Crippen LogP contribution in [0, 0.1) is 0 Å². The van der Waals surface area contributed by atoms with Crippen LogP contribution >= 0.6 is 0 Å². The minimum atomic E-state index is 0.133. The van der Waals surface area contributed by atoms with Crippen molar-refractivity contribution in [3.8, 4) is 11.5 Å². The number of aryl methyl sites for hydroxylation is 1. The molecule has 31 heavy (non-hydrogen) atoms. The van der Waals surface area contributed by atoms with Crippen molar-refractivity contribution in [1.82, 2.24) is 15.2 Å². The molecule has 2 saturated heterocycles. The molecule has 2 aliphatic rings. The van der Waals surface area contributed by atoms with Crippen LogP contribution in [0.5, 0.6) is 11.5 Å². The molecule has 2 atom stereocenters. The quantitative estimate of drug-likeness (QED) is 0.399. The summed E-state index contributed by atoms with van der Waals surface area (Å²) in [6.45, 7) is 4.10. The minimum Gasteiger partial charge on any atom is -0.497 e. The number of H-pyrrole nitrogens is 1. The van der Waals surface area contributed by atoms with Gasteiger partial charge in [-0.25, -0.2) is 0 Å². The molecule has 4 rings (SSSR count). The van der Waals surface area contributed by atoms with E-state index in [9.17, 15) is 0 Å². The van der Waals surface area contributed by atoms with E-state index < -0.39 is 0 Å². The molecule has 2 N–H and O–H groups in total. The smallest absolute Gasteiger partial charge is 0.193 e. The zero-order chi connectivity index (χ0) is 21.6. The Morgan fingerprint density at radius 3 is 2.81 bits per heavy atom. The molecule has 0 amide bonds. The van der Waals surface area contributed by atoms with Crippen LogP contribution in [0.25, 0.3) is 10.9 Å². The maximum atomic E-state index is 5.96. The zero-order valence-electron chi connectivity index (χ0n) is 18.8. The maximum Gasteiger partial charge on any atom is 0.193 e. The molecule has 0 spiro atoms. The molecule has 0 aliphatic carbocycles. The number of methoxy groups -OCH3 is 2. The Labute approximate surface area is 183 Å². The van der Waals surface area contributed by atoms with Gasteiger partial charge in [-0.2, -0.15) is 0 Å². The van der Waals surface area contributed by atoms with Crippen molar-refractivity contribution in [2.24, 2.45) is 4.99 Å². The zero-order valence-corrected chi connectivity index (χ0v) is 18.8. The van der Waals surface area contributed by atoms with E-state index in [2.05, 4.69) is 26.3 Å². The van der Waals surface area contributed by atoms with Gasteiger partial charge in [-0.1, -0.05) is 0 Å². The molecule has 1 aromatic heterocycles. The standard InChI is InChI=1S/C23H34N4O4/c1-24-23(27-9-11-31-22(15-27)20-7-5-10-30-20)25-8-4-6-16-12-18-19(26-16)13-17(28-2)14-21(18)29-3/h12-14,20,22,26H,4-11,15H2,1-3H3,(H,24,25). The molecule has 1 aromatic carbocycles. The Hall–Kier alpha value is -2.45. The molecule has 8 nitrogen and oxygen atoms in total. The lowest BCUT2D eigenvalue weighted by molar-refractivity contribution is -0.0816. The summed E-state index contributed by atoms with van der Waals surface area (Å²) in [5.41, 5.74) is 2.21. The summed E-state index contributed by atoms with van der Waals surface area (Å²) in [4.78, 5) is 10.3. The van der Waals surface area contributed by atoms with Crippen LogP contribution in [-0.2, 0) is 15.9 Å². The molecule has 2 unspecified atom stereocenters. The van der Waals surface area contributed by atoms with Crippen LogP contribution in [0.4, 0.5) is 0 Å². The summed E-state index contributed by atoms with van der Waals surface area (Å²) in [6, 6.07) is 6.08. The Morgan fingerprint density at radius 1 is 1.19 bits per heavy atom. The second kappa shape index (κ2) is 10.2. The summed E-state index contributed by atoms with van der Waals surface area (Å²) in [7, 11) is 5.20. The number of fused-ring (bicyclic) bond motifs is 1. The van der Waals surface area contributed by atoms with Gasteiger partial charge >= 0.3 is 0 Å². The van der Waals surface area contributed by atoms with Crippen LogP contribution in [0.1, 0.15) is 25.0 Å². The summed E-state index contributed by atoms with van der Waals surface area (Å²) in [6.07, 6.45) is 4.50. The van der Waals surface area contributed by atoms with Crippen molar-refractivity contribution < 1.29 is 18.9 Å². The third-order valence-corrected chi connectivity index (χ3v) is 6.08. The highest BCUT2D eigenvalue weighted by molar-refractivity contribution is 5.88. The molecule has 3 heterocycles. The van der Waals surface area contributed by atoms with Gasteiger partial charge in [0, 0.05) is 56.5 Å². The Bertz CT molecular complexity index is 891. The summed E-state index contributed by atoms with van der Waals surface area (Å²) in [5.74, 6) is 2.55. The van der Waals surface area contributed by atoms with Gasteiger partial charge in [-0.3, -0.25) is 4.99 Å². The first-order valence-corrected chi connectivity index (χ1v) is 11.1. The number of benzene rings is 1. The van der Waals surface area contributed by atoms with Gasteiger partial charge in [0.1, 0.15) is 17.6 Å². The fourth-order valence-electron chi connectivity index (χ4n) is 4.46. The van der Waals surface area contributed by atoms with Gasteiger partial charge in [0.15, 0.2) is 5.96 Å². The molecule has 170 valence electrons. The van der Waals surface area contributed by atoms with E-state index in [0.717, 1.165) is 80.3 Å². The van der Waals surface area contributed by atoms with Gasteiger partial charge in [0.2, 0.25) is 0 Å². The summed E-state index contributed by atoms with van der Waals surface area (Å²) < 4.78 is 22.7. The fourth-order valence-corrected chi connectivity index (χ4v) is 4.46. The normalized spacial score (nSPS) is 22.2. The molecular formula is C23H34N4O4. The molecule has 0 saturated carbocycles. The molecular weight excluding hydrogens is 396 g/mol. The van der Waals surface area contributed by atoms with Crippen molar-refractivity contribution >= 4 is 16.9 Å². The van der Waals surface area contributed by atoms with E-state index in [-0.39, 0.29) is 12.2 Å². The summed E-state index contributed by atoms with van der Waals surface area (Å²) in [5, 5.41) is 4.60. The second-order valence-corrected chi connectivity index (χ2v) is 8.07. The topological polar surface area (TPSA) is 80.3 Å². The predicted molar refractivity (Wildman–Crippen MR) is 121 cm³/mol. The number of rotatable bonds is 7. The van der Waals surface area contributed by atoms with Crippen LogP contribution < -0.4 is 14.8 Å². The third-order valence-electron chi connectivity index (χ3n) is 6.08. The first kappa shape index (κ1) is 21.8. The monoisotopic (exact) mass is 430 g/mol. The van der Waals surface area contributed by atoms with Crippen molar-refractivity contribution in [3.63, 3.8) is 0 Å². The molecule has 2 aromatic rings. The lowest BCUT2D eigenvalue weighted by Crippen LogP contribution is -2.53. The van der Waals surface area contributed by atoms with Crippen LogP contribution in [-0.4, -0.2) is 82.2 Å². The predicted octanol–water partition coefficient (Wildman–Crippen LogP) is 2.57. The average molecular weight is 431 g/mol. The Morgan fingerprint density at radius 2 is 2.06 bits per heavy atom. The minimum absolute atomic E-state index is 0.133. The highest BCUT2D eigenvalue weighted by Crippen LogP contribution is 2.31. The third kappa shape index (κ3) is 5.07. The number of nitrogens with one attached hydrogen (secondary N) is 2. The van der Waals surface area contributed by atoms with E-state index in [1.165, 1.54) is 5.69 Å². The maximum absolute atomic E-state index is 5.96. The van der Waals surface area contributed by atoms with Crippen molar-refractivity contribution in [2.45, 2.75) is 37.9 Å². The number of morpholine rings is 1. The summed E-state index contributed by atoms with van der Waals surface area (Å²) >= 11 is 0. The molecule has 2 aliphatic heterocycles. The highest BCUT2D eigenvalue weighted by Gasteiger charge is 2.32. The van der Waals surface area contributed by atoms with Crippen LogP contribution in [0.15, 0.2) is 23.2 Å². The van der Waals surface area contributed by atoms with Crippen molar-refractivity contribution in [3.05, 3.63) is 23.9 Å². The molecule has 0 radical (unpaired) electrons. The van der Waals surface area contributed by atoms with Gasteiger partial charge < -0.3 is 34.1 Å². The van der Waals surface area contributed by atoms with E-state index >= 15 is 0 Å². The first-order chi connectivity index (χ1) is 15.2. The van der Waals surface area contributed by atoms with Crippen molar-refractivity contribution in [1.29, 1.82) is 0 Å². The number of aromatic amines is 1. The van der Waals surface area contributed by atoms with Crippen molar-refractivity contribution in [2.75, 3.05) is 54.1 Å². The number of guanidine groups is 1. The van der Waals surface area contributed by atoms with E-state index in [1.807, 2.05) is 19.2 Å². The van der Waals surface area contributed by atoms with E-state index in [0.29, 0.717) is 6.61 Å². The largest absolute Gasteiger partial charge is 0.497 e. The van der Waals surface area contributed by atoms with Gasteiger partial charge in [-0.05, 0) is 31.7 Å². The fraction of sp³-hybridized carbons (Fsp3) is 0.609. The Kier molecular flexibility index (Phi) is 7.19. The molecule has 0 bridgehead atoms. The number of hydrogen-bond donors (Lipinski definition) is 2. The SMILES string of the molecule is CN=C(NCCCc1cc2c(OC)cc(OC)cc2[nH]1)N1CCOC(C2CCCO2)C1. The average Bonchev–Trinajstić information content (AvgIpc) is 3.48. The number of hydrogen-bond acceptors (Lipinski definition) is 5. The second-order valence-electron chi connectivity index (χ2n) is 8.07. The first-order valence-electron chi connectivity index (χ1n) is 11.1. The van der Waals surface area contributed by atoms with Crippen LogP contribution in [0.2, 0.25) is 0 Å². The van der Waals surface area contributed by atoms with Gasteiger partial charge in [0.25, 0.3) is 0 Å². The number of nitrogens with zero attached hydrogens (tertiary/aromatic N) is 2. The number of aliphatic imine (C=N–C) groups is 1. The highest BCUT2D eigenvalue weighted by atomic mass is 16.5. The Balaban J connectivity index is 1.29. The number of ether oxygens (including phenoxy) is 4. The molecule has 8 heteroatoms. The lowest BCUT2D eigenvalue weighted by atomic mass is 10.1. The van der Waals surface area contributed by atoms with Gasteiger partial charge in [-0.15, -0.1) is 0 Å². The number of aromatic nitrogens is 1. The van der Waals surface area contributed by atoms with E-state index in [1.54, 1.807) is 14.2 Å². The van der Waals surface area contributed by atoms with Gasteiger partial charge in [0.05, 0.1) is 32.4 Å². The van der Waals surface area contributed by atoms with Crippen LogP contribution in [0.3, 0.4) is 0 Å². The molecule has 2 fully saturated rings.